The number of aromatic carboxylic acids is 4. The third-order valence-electron chi connectivity index (χ3n) is 4.04. The zero-order valence-corrected chi connectivity index (χ0v) is 28.1. The molecule has 8 nitrogen and oxygen atoms in total. The second-order valence-corrected chi connectivity index (χ2v) is 6.61. The van der Waals surface area contributed by atoms with Crippen molar-refractivity contribution in [1.29, 1.82) is 0 Å². The van der Waals surface area contributed by atoms with E-state index in [-0.39, 0.29) is 84.5 Å². The number of benzene rings is 4. The Labute approximate surface area is 267 Å². The van der Waals surface area contributed by atoms with Gasteiger partial charge in [-0.1, -0.05) is 121 Å². The number of rotatable bonds is 4. The van der Waals surface area contributed by atoms with Gasteiger partial charge in [-0.2, -0.15) is 0 Å². The Bertz CT molecular complexity index is 1020. The van der Waals surface area contributed by atoms with Crippen molar-refractivity contribution in [3.05, 3.63) is 144 Å². The van der Waals surface area contributed by atoms with E-state index >= 15 is 0 Å². The fourth-order valence-corrected chi connectivity index (χ4v) is 2.30. The fourth-order valence-electron chi connectivity index (χ4n) is 2.30. The van der Waals surface area contributed by atoms with E-state index < -0.39 is 23.9 Å². The first-order chi connectivity index (χ1) is 17.2. The number of carboxylic acids is 4. The first-order valence-corrected chi connectivity index (χ1v) is 10.3. The Morgan fingerprint density at radius 3 is 0.526 bits per heavy atom. The van der Waals surface area contributed by atoms with Crippen molar-refractivity contribution in [3.8, 4) is 0 Å². The van der Waals surface area contributed by atoms with Crippen LogP contribution < -0.4 is 20.4 Å². The average molecular weight is 961 g/mol. The molecule has 0 spiro atoms. The molecule has 0 bridgehead atoms. The Morgan fingerprint density at radius 2 is 0.447 bits per heavy atom. The molecular weight excluding hydrogens is 940 g/mol. The molecule has 188 valence electrons. The predicted octanol–water partition coefficient (Wildman–Crippen LogP) is 0.200. The van der Waals surface area contributed by atoms with Gasteiger partial charge in [0.05, 0.1) is 23.9 Å². The quantitative estimate of drug-likeness (QED) is 0.281. The monoisotopic (exact) mass is 960 g/mol. The summed E-state index contributed by atoms with van der Waals surface area (Å²) in [5.41, 5.74) is 0.880. The second kappa shape index (κ2) is 21.9. The molecule has 4 aromatic carbocycles. The smallest absolute Gasteiger partial charge is 0.545 e. The molecule has 0 aliphatic rings. The molecule has 0 amide bonds. The molecule has 4 rings (SSSR count). The zero-order valence-electron chi connectivity index (χ0n) is 19.8. The van der Waals surface area contributed by atoms with Gasteiger partial charge < -0.3 is 39.6 Å². The molecule has 4 aromatic rings. The molecule has 0 fully saturated rings. The van der Waals surface area contributed by atoms with Crippen molar-refractivity contribution in [2.24, 2.45) is 0 Å². The average Bonchev–Trinajstić information content (AvgIpc) is 2.92. The van der Waals surface area contributed by atoms with Crippen molar-refractivity contribution in [2.45, 2.75) is 0 Å². The van der Waals surface area contributed by atoms with E-state index in [0.717, 1.165) is 0 Å². The van der Waals surface area contributed by atoms with Gasteiger partial charge in [0, 0.05) is 0 Å². The van der Waals surface area contributed by atoms with Crippen LogP contribution in [0.1, 0.15) is 41.4 Å². The first-order valence-electron chi connectivity index (χ1n) is 10.3. The molecule has 0 aliphatic heterocycles. The van der Waals surface area contributed by atoms with Gasteiger partial charge in [-0.15, -0.1) is 0 Å². The maximum Gasteiger partial charge on any atom is 2.00 e. The largest absolute Gasteiger partial charge is 2.00 e. The maximum absolute atomic E-state index is 10.1. The van der Waals surface area contributed by atoms with Crippen LogP contribution in [0.4, 0.5) is 0 Å². The zero-order chi connectivity index (χ0) is 26.8. The van der Waals surface area contributed by atoms with Crippen molar-refractivity contribution < 1.29 is 102 Å². The van der Waals surface area contributed by atoms with E-state index in [1.54, 1.807) is 72.8 Å². The number of carboxylic acid groups (broad SMARTS) is 4. The van der Waals surface area contributed by atoms with E-state index in [1.165, 1.54) is 48.5 Å². The standard InChI is InChI=1S/4C7H6O2.2U/c4*8-7(9)6-4-2-1-3-5-6;;/h4*1-5H,(H,8,9);;/q;;;;2*+2/p-4. The van der Waals surface area contributed by atoms with Crippen LogP contribution in [0.15, 0.2) is 121 Å². The molecule has 0 radical (unpaired) electrons. The van der Waals surface area contributed by atoms with Crippen LogP contribution in [-0.4, -0.2) is 23.9 Å². The molecule has 0 unspecified atom stereocenters. The minimum absolute atomic E-state index is 0. The minimum atomic E-state index is -1.13. The van der Waals surface area contributed by atoms with Gasteiger partial charge >= 0.3 is 62.2 Å². The summed E-state index contributed by atoms with van der Waals surface area (Å²) >= 11 is 0. The topological polar surface area (TPSA) is 161 Å². The molecule has 10 heteroatoms. The normalized spacial score (nSPS) is 8.42. The van der Waals surface area contributed by atoms with Gasteiger partial charge in [-0.25, -0.2) is 0 Å². The van der Waals surface area contributed by atoms with Crippen LogP contribution in [0.3, 0.4) is 0 Å². The number of hydrogen-bond donors (Lipinski definition) is 0. The molecule has 0 heterocycles. The van der Waals surface area contributed by atoms with Crippen LogP contribution in [-0.2, 0) is 0 Å². The van der Waals surface area contributed by atoms with Gasteiger partial charge in [-0.05, 0) is 22.3 Å². The van der Waals surface area contributed by atoms with Gasteiger partial charge in [0.1, 0.15) is 0 Å². The summed E-state index contributed by atoms with van der Waals surface area (Å²) in [5, 5.41) is 40.4. The Morgan fingerprint density at radius 1 is 0.316 bits per heavy atom. The summed E-state index contributed by atoms with van der Waals surface area (Å²) < 4.78 is 0. The van der Waals surface area contributed by atoms with Crippen molar-refractivity contribution >= 4 is 23.9 Å². The number of carbonyl (C=O) groups is 4. The van der Waals surface area contributed by atoms with E-state index in [9.17, 15) is 39.6 Å². The maximum atomic E-state index is 10.1. The minimum Gasteiger partial charge on any atom is -0.545 e. The van der Waals surface area contributed by atoms with Crippen LogP contribution in [0.5, 0.6) is 0 Å². The van der Waals surface area contributed by atoms with E-state index in [4.69, 9.17) is 0 Å². The van der Waals surface area contributed by atoms with Crippen LogP contribution >= 0.6 is 0 Å². The second-order valence-electron chi connectivity index (χ2n) is 6.61. The number of hydrogen-bond acceptors (Lipinski definition) is 8. The summed E-state index contributed by atoms with van der Waals surface area (Å²) in [6, 6.07) is 32.3. The van der Waals surface area contributed by atoms with E-state index in [2.05, 4.69) is 0 Å². The third kappa shape index (κ3) is 16.6. The fraction of sp³-hybridized carbons (Fsp3) is 0. The van der Waals surface area contributed by atoms with E-state index in [1.807, 2.05) is 0 Å². The Hall–Kier alpha value is -3.14. The first kappa shape index (κ1) is 37.0. The van der Waals surface area contributed by atoms with Gasteiger partial charge in [0.2, 0.25) is 0 Å². The van der Waals surface area contributed by atoms with Gasteiger partial charge in [-0.3, -0.25) is 0 Å². The molecule has 0 saturated heterocycles. The predicted molar refractivity (Wildman–Crippen MR) is 123 cm³/mol. The Balaban J connectivity index is 0. The van der Waals surface area contributed by atoms with Crippen molar-refractivity contribution in [3.63, 3.8) is 0 Å². The molecule has 0 saturated carbocycles. The Kier molecular flexibility index (Phi) is 21.3. The van der Waals surface area contributed by atoms with Crippen LogP contribution in [0, 0.1) is 62.2 Å². The van der Waals surface area contributed by atoms with E-state index in [0.29, 0.717) is 0 Å². The van der Waals surface area contributed by atoms with Gasteiger partial charge in [0.25, 0.3) is 0 Å². The summed E-state index contributed by atoms with van der Waals surface area (Å²) in [5.74, 6) is -4.52. The molecular formula is C28H20O8U2. The summed E-state index contributed by atoms with van der Waals surface area (Å²) in [6.45, 7) is 0. The summed E-state index contributed by atoms with van der Waals surface area (Å²) in [6.07, 6.45) is 0. The number of carbonyl (C=O) groups excluding carboxylic acids is 4. The van der Waals surface area contributed by atoms with Crippen LogP contribution in [0.2, 0.25) is 0 Å². The summed E-state index contributed by atoms with van der Waals surface area (Å²) in [4.78, 5) is 40.4. The molecule has 0 aromatic heterocycles. The molecule has 38 heavy (non-hydrogen) atoms. The molecule has 0 aliphatic carbocycles. The van der Waals surface area contributed by atoms with Crippen LogP contribution in [0.25, 0.3) is 0 Å². The van der Waals surface area contributed by atoms with Crippen molar-refractivity contribution in [1.82, 2.24) is 0 Å². The van der Waals surface area contributed by atoms with Crippen molar-refractivity contribution in [2.75, 3.05) is 0 Å². The third-order valence-corrected chi connectivity index (χ3v) is 4.04. The SMILES string of the molecule is O=C([O-])c1ccccc1.O=C([O-])c1ccccc1.O=C([O-])c1ccccc1.O=C([O-])c1ccccc1.[U+2].[U+2]. The van der Waals surface area contributed by atoms with Gasteiger partial charge in [0.15, 0.2) is 0 Å². The molecule has 0 atom stereocenters. The molecule has 0 N–H and O–H groups in total. The summed E-state index contributed by atoms with van der Waals surface area (Å²) in [7, 11) is 0.